The molecule has 36 heavy (non-hydrogen) atoms. The molecule has 9 heteroatoms. The molecule has 0 saturated heterocycles. The first-order chi connectivity index (χ1) is 17.4. The normalized spacial score (nSPS) is 10.6. The molecule has 4 aromatic rings. The summed E-state index contributed by atoms with van der Waals surface area (Å²) in [5, 5.41) is 16.6. The van der Waals surface area contributed by atoms with Crippen molar-refractivity contribution in [2.24, 2.45) is 0 Å². The maximum absolute atomic E-state index is 12.3. The molecular weight excluding hydrogens is 458 g/mol. The Hall–Kier alpha value is -4.66. The van der Waals surface area contributed by atoms with E-state index in [4.69, 9.17) is 9.47 Å². The number of nitrogens with zero attached hydrogens (tertiary/aromatic N) is 3. The van der Waals surface area contributed by atoms with Gasteiger partial charge in [0.15, 0.2) is 12.4 Å². The summed E-state index contributed by atoms with van der Waals surface area (Å²) in [6, 6.07) is 20.5. The van der Waals surface area contributed by atoms with Crippen molar-refractivity contribution in [2.75, 3.05) is 40.2 Å². The fourth-order valence-electron chi connectivity index (χ4n) is 3.63. The molecule has 1 heterocycles. The Morgan fingerprint density at radius 3 is 2.33 bits per heavy atom. The summed E-state index contributed by atoms with van der Waals surface area (Å²) in [6.07, 6.45) is 0. The largest absolute Gasteiger partial charge is 0.496 e. The molecule has 0 aliphatic heterocycles. The number of likely N-dealkylation sites (N-methyl/N-ethyl adjacent to an activating group) is 1. The number of ether oxygens (including phenoxy) is 2. The number of hydrogen-bond donors (Lipinski definition) is 2. The third kappa shape index (κ3) is 5.20. The Kier molecular flexibility index (Phi) is 7.29. The van der Waals surface area contributed by atoms with Crippen molar-refractivity contribution in [1.82, 2.24) is 20.4 Å². The first kappa shape index (κ1) is 24.5. The molecule has 0 spiro atoms. The standard InChI is InChI=1S/C27H27N5O4/c1-28-27(34)22-15-18(11-14-23(22)35-4)29-26-21-8-6-5-7-20(21)25(30-31-26)17-9-12-19(13-10-17)36-16-24(33)32(2)3/h5-15H,16H2,1-4H3,(H,28,34)(H,29,31). The molecule has 0 aliphatic carbocycles. The number of hydrogen-bond acceptors (Lipinski definition) is 7. The predicted molar refractivity (Wildman–Crippen MR) is 139 cm³/mol. The minimum atomic E-state index is -0.250. The molecule has 1 aromatic heterocycles. The summed E-state index contributed by atoms with van der Waals surface area (Å²) in [6.45, 7) is -0.0254. The monoisotopic (exact) mass is 485 g/mol. The Balaban J connectivity index is 1.63. The van der Waals surface area contributed by atoms with E-state index in [0.717, 1.165) is 16.3 Å². The molecular formula is C27H27N5O4. The highest BCUT2D eigenvalue weighted by molar-refractivity contribution is 6.01. The van der Waals surface area contributed by atoms with Crippen LogP contribution in [0.15, 0.2) is 66.7 Å². The Labute approximate surface area is 209 Å². The average Bonchev–Trinajstić information content (AvgIpc) is 2.91. The van der Waals surface area contributed by atoms with Crippen LogP contribution in [0.5, 0.6) is 11.5 Å². The number of rotatable bonds is 8. The van der Waals surface area contributed by atoms with E-state index in [2.05, 4.69) is 20.8 Å². The SMILES string of the molecule is CNC(=O)c1cc(Nc2nnc(-c3ccc(OCC(=O)N(C)C)cc3)c3ccccc23)ccc1OC. The molecule has 0 bridgehead atoms. The Morgan fingerprint density at radius 2 is 1.67 bits per heavy atom. The van der Waals surface area contributed by atoms with Crippen LogP contribution in [-0.2, 0) is 4.79 Å². The average molecular weight is 486 g/mol. The lowest BCUT2D eigenvalue weighted by atomic mass is 10.0. The Morgan fingerprint density at radius 1 is 0.944 bits per heavy atom. The lowest BCUT2D eigenvalue weighted by Gasteiger charge is -2.14. The summed E-state index contributed by atoms with van der Waals surface area (Å²) in [7, 11) is 6.47. The smallest absolute Gasteiger partial charge is 0.259 e. The van der Waals surface area contributed by atoms with Crippen molar-refractivity contribution in [3.8, 4) is 22.8 Å². The number of anilines is 2. The number of carbonyl (C=O) groups excluding carboxylic acids is 2. The van der Waals surface area contributed by atoms with Crippen molar-refractivity contribution in [3.05, 3.63) is 72.3 Å². The minimum absolute atomic E-state index is 0.0254. The zero-order valence-corrected chi connectivity index (χ0v) is 20.5. The van der Waals surface area contributed by atoms with Gasteiger partial charge in [-0.15, -0.1) is 10.2 Å². The van der Waals surface area contributed by atoms with Crippen LogP contribution in [0.25, 0.3) is 22.0 Å². The number of amides is 2. The van der Waals surface area contributed by atoms with Gasteiger partial charge in [0.1, 0.15) is 17.2 Å². The van der Waals surface area contributed by atoms with E-state index in [1.807, 2.05) is 42.5 Å². The molecule has 2 amide bonds. The second kappa shape index (κ2) is 10.7. The quantitative estimate of drug-likeness (QED) is 0.390. The van der Waals surface area contributed by atoms with Gasteiger partial charge in [0.25, 0.3) is 11.8 Å². The molecule has 3 aromatic carbocycles. The molecule has 0 fully saturated rings. The number of benzene rings is 3. The molecule has 184 valence electrons. The van der Waals surface area contributed by atoms with Crippen LogP contribution in [0, 0.1) is 0 Å². The van der Waals surface area contributed by atoms with Gasteiger partial charge >= 0.3 is 0 Å². The molecule has 2 N–H and O–H groups in total. The second-order valence-corrected chi connectivity index (χ2v) is 8.16. The molecule has 9 nitrogen and oxygen atoms in total. The lowest BCUT2D eigenvalue weighted by Crippen LogP contribution is -2.27. The van der Waals surface area contributed by atoms with Crippen LogP contribution in [0.3, 0.4) is 0 Å². The van der Waals surface area contributed by atoms with Crippen molar-refractivity contribution >= 4 is 34.1 Å². The van der Waals surface area contributed by atoms with E-state index in [1.165, 1.54) is 12.0 Å². The van der Waals surface area contributed by atoms with Gasteiger partial charge in [-0.05, 0) is 42.5 Å². The Bertz CT molecular complexity index is 1400. The number of nitrogens with one attached hydrogen (secondary N) is 2. The summed E-state index contributed by atoms with van der Waals surface area (Å²) < 4.78 is 10.9. The highest BCUT2D eigenvalue weighted by Gasteiger charge is 2.15. The lowest BCUT2D eigenvalue weighted by molar-refractivity contribution is -0.130. The van der Waals surface area contributed by atoms with Gasteiger partial charge in [-0.2, -0.15) is 0 Å². The van der Waals surface area contributed by atoms with E-state index in [9.17, 15) is 9.59 Å². The van der Waals surface area contributed by atoms with E-state index < -0.39 is 0 Å². The van der Waals surface area contributed by atoms with Gasteiger partial charge < -0.3 is 25.0 Å². The molecule has 0 aliphatic rings. The molecule has 0 unspecified atom stereocenters. The predicted octanol–water partition coefficient (Wildman–Crippen LogP) is 3.88. The topological polar surface area (TPSA) is 106 Å². The first-order valence-corrected chi connectivity index (χ1v) is 11.3. The van der Waals surface area contributed by atoms with Crippen molar-refractivity contribution in [3.63, 3.8) is 0 Å². The van der Waals surface area contributed by atoms with Gasteiger partial charge in [0.05, 0.1) is 12.7 Å². The number of aromatic nitrogens is 2. The number of carbonyl (C=O) groups is 2. The van der Waals surface area contributed by atoms with Gasteiger partial charge in [-0.3, -0.25) is 9.59 Å². The van der Waals surface area contributed by atoms with Gasteiger partial charge in [-0.25, -0.2) is 0 Å². The van der Waals surface area contributed by atoms with Crippen molar-refractivity contribution < 1.29 is 19.1 Å². The minimum Gasteiger partial charge on any atom is -0.496 e. The zero-order valence-electron chi connectivity index (χ0n) is 20.5. The van der Waals surface area contributed by atoms with E-state index in [-0.39, 0.29) is 18.4 Å². The zero-order chi connectivity index (χ0) is 25.7. The van der Waals surface area contributed by atoms with E-state index >= 15 is 0 Å². The fraction of sp³-hybridized carbons (Fsp3) is 0.185. The number of methoxy groups -OCH3 is 1. The first-order valence-electron chi connectivity index (χ1n) is 11.3. The maximum Gasteiger partial charge on any atom is 0.259 e. The highest BCUT2D eigenvalue weighted by atomic mass is 16.5. The fourth-order valence-corrected chi connectivity index (χ4v) is 3.63. The second-order valence-electron chi connectivity index (χ2n) is 8.16. The van der Waals surface area contributed by atoms with Crippen LogP contribution < -0.4 is 20.1 Å². The molecule has 0 saturated carbocycles. The van der Waals surface area contributed by atoms with Crippen molar-refractivity contribution in [1.29, 1.82) is 0 Å². The summed E-state index contributed by atoms with van der Waals surface area (Å²) in [4.78, 5) is 25.5. The highest BCUT2D eigenvalue weighted by Crippen LogP contribution is 2.32. The van der Waals surface area contributed by atoms with Gasteiger partial charge in [0, 0.05) is 43.2 Å². The van der Waals surface area contributed by atoms with Gasteiger partial charge in [-0.1, -0.05) is 24.3 Å². The summed E-state index contributed by atoms with van der Waals surface area (Å²) in [5.74, 6) is 1.27. The van der Waals surface area contributed by atoms with Crippen LogP contribution in [0.2, 0.25) is 0 Å². The van der Waals surface area contributed by atoms with Crippen molar-refractivity contribution in [2.45, 2.75) is 0 Å². The molecule has 4 rings (SSSR count). The molecule has 0 atom stereocenters. The van der Waals surface area contributed by atoms with E-state index in [0.29, 0.717) is 34.3 Å². The van der Waals surface area contributed by atoms with Crippen LogP contribution in [0.1, 0.15) is 10.4 Å². The third-order valence-electron chi connectivity index (χ3n) is 5.61. The number of fused-ring (bicyclic) bond motifs is 1. The summed E-state index contributed by atoms with van der Waals surface area (Å²) in [5.41, 5.74) is 2.67. The van der Waals surface area contributed by atoms with E-state index in [1.54, 1.807) is 45.4 Å². The maximum atomic E-state index is 12.3. The third-order valence-corrected chi connectivity index (χ3v) is 5.61. The van der Waals surface area contributed by atoms with Gasteiger partial charge in [0.2, 0.25) is 0 Å². The van der Waals surface area contributed by atoms with Crippen LogP contribution in [0.4, 0.5) is 11.5 Å². The summed E-state index contributed by atoms with van der Waals surface area (Å²) >= 11 is 0. The van der Waals surface area contributed by atoms with Crippen LogP contribution >= 0.6 is 0 Å². The molecule has 0 radical (unpaired) electrons. The van der Waals surface area contributed by atoms with Crippen LogP contribution in [-0.4, -0.2) is 61.8 Å².